The van der Waals surface area contributed by atoms with Crippen molar-refractivity contribution in [3.8, 4) is 5.69 Å². The van der Waals surface area contributed by atoms with Crippen molar-refractivity contribution >= 4 is 55.7 Å². The Balaban J connectivity index is 2.62. The van der Waals surface area contributed by atoms with Crippen molar-refractivity contribution in [3.63, 3.8) is 0 Å². The zero-order valence-electron chi connectivity index (χ0n) is 8.02. The second-order valence-electron chi connectivity index (χ2n) is 3.13. The Morgan fingerprint density at radius 2 is 2.25 bits per heavy atom. The van der Waals surface area contributed by atoms with Crippen molar-refractivity contribution in [1.82, 2.24) is 9.78 Å². The molecular weight excluding hydrogens is 401 g/mol. The van der Waals surface area contributed by atoms with E-state index in [0.29, 0.717) is 4.99 Å². The Morgan fingerprint density at radius 1 is 1.50 bits per heavy atom. The lowest BCUT2D eigenvalue weighted by atomic mass is 10.2. The molecule has 0 aliphatic carbocycles. The van der Waals surface area contributed by atoms with Gasteiger partial charge >= 0.3 is 0 Å². The number of halogens is 2. The summed E-state index contributed by atoms with van der Waals surface area (Å²) >= 11 is 10.6. The van der Waals surface area contributed by atoms with E-state index in [1.807, 2.05) is 24.4 Å². The molecule has 0 saturated carbocycles. The molecule has 0 amide bonds. The molecule has 0 saturated heterocycles. The first-order valence-corrected chi connectivity index (χ1v) is 6.66. The van der Waals surface area contributed by atoms with Crippen molar-refractivity contribution in [3.05, 3.63) is 44.2 Å². The van der Waals surface area contributed by atoms with E-state index >= 15 is 0 Å². The van der Waals surface area contributed by atoms with Crippen LogP contribution >= 0.6 is 50.7 Å². The molecule has 0 aliphatic rings. The summed E-state index contributed by atoms with van der Waals surface area (Å²) in [7, 11) is 0. The molecule has 3 nitrogen and oxygen atoms in total. The lowest BCUT2D eigenvalue weighted by Gasteiger charge is -2.08. The fraction of sp³-hybridized carbons (Fsp3) is 0. The standard InChI is InChI=1S/C10H7BrIN3S/c11-6-1-2-8(10(13)16)9(3-6)15-5-7(12)4-14-15/h1-5H,(H2,13,16). The molecule has 1 aromatic heterocycles. The van der Waals surface area contributed by atoms with Crippen LogP contribution in [0.1, 0.15) is 5.56 Å². The van der Waals surface area contributed by atoms with Crippen LogP contribution in [0.5, 0.6) is 0 Å². The number of thiocarbonyl (C=S) groups is 1. The normalized spacial score (nSPS) is 10.4. The molecule has 0 fully saturated rings. The van der Waals surface area contributed by atoms with E-state index in [2.05, 4.69) is 43.6 Å². The maximum Gasteiger partial charge on any atom is 0.106 e. The Bertz CT molecular complexity index is 553. The topological polar surface area (TPSA) is 43.8 Å². The summed E-state index contributed by atoms with van der Waals surface area (Å²) < 4.78 is 3.79. The van der Waals surface area contributed by atoms with Crippen LogP contribution < -0.4 is 5.73 Å². The maximum absolute atomic E-state index is 5.68. The van der Waals surface area contributed by atoms with Gasteiger partial charge in [-0.3, -0.25) is 0 Å². The lowest BCUT2D eigenvalue weighted by molar-refractivity contribution is 0.878. The predicted molar refractivity (Wildman–Crippen MR) is 79.9 cm³/mol. The Morgan fingerprint density at radius 3 is 2.81 bits per heavy atom. The summed E-state index contributed by atoms with van der Waals surface area (Å²) in [6.45, 7) is 0. The number of hydrogen-bond acceptors (Lipinski definition) is 2. The van der Waals surface area contributed by atoms with Gasteiger partial charge in [-0.2, -0.15) is 5.10 Å². The molecule has 1 heterocycles. The SMILES string of the molecule is NC(=S)c1ccc(Br)cc1-n1cc(I)cn1. The third-order valence-electron chi connectivity index (χ3n) is 2.02. The van der Waals surface area contributed by atoms with Gasteiger partial charge in [-0.05, 0) is 40.8 Å². The van der Waals surface area contributed by atoms with Gasteiger partial charge in [0.25, 0.3) is 0 Å². The van der Waals surface area contributed by atoms with Crippen LogP contribution in [0.25, 0.3) is 5.69 Å². The van der Waals surface area contributed by atoms with E-state index in [1.54, 1.807) is 10.9 Å². The van der Waals surface area contributed by atoms with E-state index in [9.17, 15) is 0 Å². The van der Waals surface area contributed by atoms with Gasteiger partial charge in [0.1, 0.15) is 4.99 Å². The summed E-state index contributed by atoms with van der Waals surface area (Å²) in [4.78, 5) is 0.369. The molecule has 1 aromatic carbocycles. The summed E-state index contributed by atoms with van der Waals surface area (Å²) in [6.07, 6.45) is 3.70. The average molecular weight is 408 g/mol. The van der Waals surface area contributed by atoms with Crippen molar-refractivity contribution in [1.29, 1.82) is 0 Å². The van der Waals surface area contributed by atoms with E-state index in [-0.39, 0.29) is 0 Å². The van der Waals surface area contributed by atoms with Crippen LogP contribution in [-0.4, -0.2) is 14.8 Å². The first-order valence-electron chi connectivity index (χ1n) is 4.38. The Kier molecular flexibility index (Phi) is 3.60. The van der Waals surface area contributed by atoms with Crippen LogP contribution in [0.3, 0.4) is 0 Å². The largest absolute Gasteiger partial charge is 0.389 e. The quantitative estimate of drug-likeness (QED) is 0.614. The molecule has 0 atom stereocenters. The zero-order valence-corrected chi connectivity index (χ0v) is 12.6. The molecular formula is C10H7BrIN3S. The minimum absolute atomic E-state index is 0.369. The highest BCUT2D eigenvalue weighted by Gasteiger charge is 2.08. The minimum atomic E-state index is 0.369. The summed E-state index contributed by atoms with van der Waals surface area (Å²) in [5.41, 5.74) is 7.38. The van der Waals surface area contributed by atoms with Crippen LogP contribution in [-0.2, 0) is 0 Å². The van der Waals surface area contributed by atoms with Gasteiger partial charge in [0.15, 0.2) is 0 Å². The zero-order chi connectivity index (χ0) is 11.7. The summed E-state index contributed by atoms with van der Waals surface area (Å²) in [5.74, 6) is 0. The molecule has 0 unspecified atom stereocenters. The molecule has 2 rings (SSSR count). The number of rotatable bonds is 2. The molecule has 0 aliphatic heterocycles. The van der Waals surface area contributed by atoms with Gasteiger partial charge in [0, 0.05) is 16.2 Å². The second-order valence-corrected chi connectivity index (χ2v) is 5.73. The van der Waals surface area contributed by atoms with Gasteiger partial charge in [0.05, 0.1) is 15.5 Å². The molecule has 82 valence electrons. The van der Waals surface area contributed by atoms with Gasteiger partial charge < -0.3 is 5.73 Å². The number of nitrogens with two attached hydrogens (primary N) is 1. The van der Waals surface area contributed by atoms with Gasteiger partial charge in [-0.1, -0.05) is 28.1 Å². The van der Waals surface area contributed by atoms with Crippen LogP contribution in [0.15, 0.2) is 35.1 Å². The molecule has 2 aromatic rings. The smallest absolute Gasteiger partial charge is 0.106 e. The van der Waals surface area contributed by atoms with E-state index in [4.69, 9.17) is 18.0 Å². The van der Waals surface area contributed by atoms with Crippen LogP contribution in [0.4, 0.5) is 0 Å². The Hall–Kier alpha value is -0.470. The Labute approximate surface area is 120 Å². The van der Waals surface area contributed by atoms with Gasteiger partial charge in [-0.25, -0.2) is 4.68 Å². The number of nitrogens with zero attached hydrogens (tertiary/aromatic N) is 2. The third-order valence-corrected chi connectivity index (χ3v) is 3.29. The highest BCUT2D eigenvalue weighted by Crippen LogP contribution is 2.20. The highest BCUT2D eigenvalue weighted by molar-refractivity contribution is 14.1. The number of aromatic nitrogens is 2. The third kappa shape index (κ3) is 2.44. The molecule has 6 heteroatoms. The molecule has 2 N–H and O–H groups in total. The van der Waals surface area contributed by atoms with Gasteiger partial charge in [0.2, 0.25) is 0 Å². The fourth-order valence-corrected chi connectivity index (χ4v) is 2.25. The van der Waals surface area contributed by atoms with Crippen LogP contribution in [0, 0.1) is 3.57 Å². The maximum atomic E-state index is 5.68. The number of hydrogen-bond donors (Lipinski definition) is 1. The van der Waals surface area contributed by atoms with E-state index in [0.717, 1.165) is 19.3 Å². The molecule has 0 bridgehead atoms. The number of benzene rings is 1. The monoisotopic (exact) mass is 407 g/mol. The molecule has 16 heavy (non-hydrogen) atoms. The second kappa shape index (κ2) is 4.80. The minimum Gasteiger partial charge on any atom is -0.389 e. The summed E-state index contributed by atoms with van der Waals surface area (Å²) in [6, 6.07) is 5.74. The van der Waals surface area contributed by atoms with Crippen molar-refractivity contribution in [2.45, 2.75) is 0 Å². The molecule has 0 radical (unpaired) electrons. The van der Waals surface area contributed by atoms with Crippen LogP contribution in [0.2, 0.25) is 0 Å². The van der Waals surface area contributed by atoms with E-state index in [1.165, 1.54) is 0 Å². The predicted octanol–water partition coefficient (Wildman–Crippen LogP) is 2.87. The van der Waals surface area contributed by atoms with E-state index < -0.39 is 0 Å². The molecule has 0 spiro atoms. The van der Waals surface area contributed by atoms with Crippen molar-refractivity contribution in [2.75, 3.05) is 0 Å². The first-order chi connectivity index (χ1) is 7.58. The average Bonchev–Trinajstić information content (AvgIpc) is 2.64. The first kappa shape index (κ1) is 12.0. The lowest BCUT2D eigenvalue weighted by Crippen LogP contribution is -2.13. The van der Waals surface area contributed by atoms with Crippen molar-refractivity contribution < 1.29 is 0 Å². The fourth-order valence-electron chi connectivity index (χ4n) is 1.34. The van der Waals surface area contributed by atoms with Crippen molar-refractivity contribution in [2.24, 2.45) is 5.73 Å². The van der Waals surface area contributed by atoms with Gasteiger partial charge in [-0.15, -0.1) is 0 Å². The highest BCUT2D eigenvalue weighted by atomic mass is 127. The summed E-state index contributed by atoms with van der Waals surface area (Å²) in [5, 5.41) is 4.24.